The first-order valence-corrected chi connectivity index (χ1v) is 28.0. The van der Waals surface area contributed by atoms with E-state index < -0.39 is 18.2 Å². The van der Waals surface area contributed by atoms with Gasteiger partial charge >= 0.3 is 5.97 Å². The summed E-state index contributed by atoms with van der Waals surface area (Å²) in [6, 6.07) is -0.717. The number of aliphatic hydroxyl groups is 2. The van der Waals surface area contributed by atoms with E-state index in [1.54, 1.807) is 0 Å². The van der Waals surface area contributed by atoms with Crippen molar-refractivity contribution in [3.63, 3.8) is 0 Å². The van der Waals surface area contributed by atoms with Gasteiger partial charge in [-0.05, 0) is 83.5 Å². The van der Waals surface area contributed by atoms with Gasteiger partial charge in [0.1, 0.15) is 6.10 Å². The molecule has 0 radical (unpaired) electrons. The number of carbonyl (C=O) groups is 2. The molecule has 0 aliphatic carbocycles. The summed E-state index contributed by atoms with van der Waals surface area (Å²) in [7, 11) is 0. The van der Waals surface area contributed by atoms with E-state index in [0.29, 0.717) is 19.3 Å². The highest BCUT2D eigenvalue weighted by atomic mass is 16.5. The number of carbonyl (C=O) groups excluding carboxylic acids is 2. The average molecular weight is 911 g/mol. The molecular formula is C59H107NO5. The molecule has 1 amide bonds. The smallest absolute Gasteiger partial charge is 0.306 e. The van der Waals surface area contributed by atoms with Crippen LogP contribution in [0.25, 0.3) is 0 Å². The lowest BCUT2D eigenvalue weighted by Gasteiger charge is -2.24. The highest BCUT2D eigenvalue weighted by molar-refractivity contribution is 5.77. The van der Waals surface area contributed by atoms with Crippen molar-refractivity contribution >= 4 is 11.9 Å². The largest absolute Gasteiger partial charge is 0.462 e. The molecule has 0 aliphatic heterocycles. The number of esters is 1. The number of aliphatic hydroxyl groups excluding tert-OH is 2. The first kappa shape index (κ1) is 62.6. The normalized spacial score (nSPS) is 13.6. The molecule has 0 rings (SSSR count). The van der Waals surface area contributed by atoms with Crippen LogP contribution in [-0.4, -0.2) is 46.9 Å². The Morgan fingerprint density at radius 2 is 0.877 bits per heavy atom. The van der Waals surface area contributed by atoms with E-state index in [-0.39, 0.29) is 24.9 Å². The molecule has 0 aromatic heterocycles. The fourth-order valence-corrected chi connectivity index (χ4v) is 8.38. The number of amides is 1. The molecule has 0 saturated heterocycles. The zero-order chi connectivity index (χ0) is 47.4. The van der Waals surface area contributed by atoms with E-state index in [0.717, 1.165) is 103 Å². The third-order valence-corrected chi connectivity index (χ3v) is 12.6. The van der Waals surface area contributed by atoms with E-state index in [2.05, 4.69) is 86.8 Å². The van der Waals surface area contributed by atoms with Crippen molar-refractivity contribution in [2.45, 2.75) is 296 Å². The fourth-order valence-electron chi connectivity index (χ4n) is 8.38. The van der Waals surface area contributed by atoms with Crippen LogP contribution >= 0.6 is 0 Å². The quantitative estimate of drug-likeness (QED) is 0.0245. The molecule has 3 N–H and O–H groups in total. The summed E-state index contributed by atoms with van der Waals surface area (Å²) in [6.07, 6.45) is 65.7. The van der Waals surface area contributed by atoms with Gasteiger partial charge in [0.15, 0.2) is 0 Å². The SMILES string of the molecule is CC/C=C/C/C=C/C/C=C/CCCCCCC(=O)OC(CCCCC/C=C/C=C/CCCCCCCCC)CC(=O)NC(CO)C(O)CCCCCCCCCCCCCCCCCC. The van der Waals surface area contributed by atoms with Crippen molar-refractivity contribution in [1.29, 1.82) is 0 Å². The zero-order valence-corrected chi connectivity index (χ0v) is 43.1. The lowest BCUT2D eigenvalue weighted by molar-refractivity contribution is -0.151. The Labute approximate surface area is 403 Å². The van der Waals surface area contributed by atoms with Crippen LogP contribution in [0.5, 0.6) is 0 Å². The van der Waals surface area contributed by atoms with Crippen LogP contribution in [0.4, 0.5) is 0 Å². The predicted octanol–water partition coefficient (Wildman–Crippen LogP) is 17.2. The summed E-state index contributed by atoms with van der Waals surface area (Å²) in [6.45, 7) is 6.37. The van der Waals surface area contributed by atoms with Gasteiger partial charge in [-0.3, -0.25) is 9.59 Å². The maximum Gasteiger partial charge on any atom is 0.306 e. The van der Waals surface area contributed by atoms with Gasteiger partial charge in [-0.25, -0.2) is 0 Å². The first-order valence-electron chi connectivity index (χ1n) is 28.0. The maximum absolute atomic E-state index is 13.2. The van der Waals surface area contributed by atoms with Crippen LogP contribution in [0.1, 0.15) is 278 Å². The number of hydrogen-bond acceptors (Lipinski definition) is 5. The summed E-state index contributed by atoms with van der Waals surface area (Å²) in [4.78, 5) is 26.2. The highest BCUT2D eigenvalue weighted by Crippen LogP contribution is 2.18. The summed E-state index contributed by atoms with van der Waals surface area (Å²) in [5.74, 6) is -0.521. The molecule has 0 heterocycles. The molecule has 0 aromatic rings. The lowest BCUT2D eigenvalue weighted by Crippen LogP contribution is -2.46. The van der Waals surface area contributed by atoms with Crippen molar-refractivity contribution in [3.05, 3.63) is 60.8 Å². The van der Waals surface area contributed by atoms with Gasteiger partial charge in [-0.1, -0.05) is 242 Å². The summed E-state index contributed by atoms with van der Waals surface area (Å²) < 4.78 is 5.93. The molecule has 0 aliphatic rings. The van der Waals surface area contributed by atoms with Crippen LogP contribution < -0.4 is 5.32 Å². The van der Waals surface area contributed by atoms with Gasteiger partial charge < -0.3 is 20.3 Å². The van der Waals surface area contributed by atoms with Crippen molar-refractivity contribution < 1.29 is 24.5 Å². The van der Waals surface area contributed by atoms with Gasteiger partial charge in [0.2, 0.25) is 5.91 Å². The molecule has 0 aromatic carbocycles. The summed E-state index contributed by atoms with van der Waals surface area (Å²) in [5.41, 5.74) is 0. The zero-order valence-electron chi connectivity index (χ0n) is 43.1. The molecule has 6 nitrogen and oxygen atoms in total. The van der Waals surface area contributed by atoms with Crippen LogP contribution in [0.2, 0.25) is 0 Å². The minimum absolute atomic E-state index is 0.0500. The van der Waals surface area contributed by atoms with Crippen molar-refractivity contribution in [2.75, 3.05) is 6.61 Å². The third-order valence-electron chi connectivity index (χ3n) is 12.6. The van der Waals surface area contributed by atoms with E-state index in [1.807, 2.05) is 0 Å². The van der Waals surface area contributed by atoms with E-state index in [9.17, 15) is 19.8 Å². The Balaban J connectivity index is 4.62. The van der Waals surface area contributed by atoms with E-state index in [4.69, 9.17) is 4.74 Å². The van der Waals surface area contributed by atoms with Gasteiger partial charge in [0, 0.05) is 6.42 Å². The Hall–Kier alpha value is -2.44. The lowest BCUT2D eigenvalue weighted by atomic mass is 10.0. The van der Waals surface area contributed by atoms with Gasteiger partial charge in [-0.2, -0.15) is 0 Å². The van der Waals surface area contributed by atoms with Gasteiger partial charge in [-0.15, -0.1) is 0 Å². The monoisotopic (exact) mass is 910 g/mol. The molecule has 0 fully saturated rings. The van der Waals surface area contributed by atoms with Crippen LogP contribution in [0.3, 0.4) is 0 Å². The van der Waals surface area contributed by atoms with Crippen molar-refractivity contribution in [3.8, 4) is 0 Å². The van der Waals surface area contributed by atoms with Crippen molar-refractivity contribution in [1.82, 2.24) is 5.32 Å². The molecule has 6 heteroatoms. The third kappa shape index (κ3) is 47.8. The number of nitrogens with one attached hydrogen (secondary N) is 1. The maximum atomic E-state index is 13.2. The Bertz CT molecular complexity index is 1160. The topological polar surface area (TPSA) is 95.9 Å². The molecule has 0 saturated carbocycles. The second-order valence-corrected chi connectivity index (χ2v) is 19.0. The number of rotatable bonds is 50. The number of ether oxygens (including phenoxy) is 1. The molecule has 65 heavy (non-hydrogen) atoms. The minimum Gasteiger partial charge on any atom is -0.462 e. The van der Waals surface area contributed by atoms with Crippen LogP contribution in [0, 0.1) is 0 Å². The van der Waals surface area contributed by atoms with Crippen LogP contribution in [-0.2, 0) is 14.3 Å². The molecule has 378 valence electrons. The fraction of sp³-hybridized carbons (Fsp3) is 0.797. The number of unbranched alkanes of at least 4 members (excludes halogenated alkanes) is 29. The number of allylic oxidation sites excluding steroid dienone is 10. The van der Waals surface area contributed by atoms with E-state index in [1.165, 1.54) is 128 Å². The predicted molar refractivity (Wildman–Crippen MR) is 282 cm³/mol. The van der Waals surface area contributed by atoms with Gasteiger partial charge in [0.25, 0.3) is 0 Å². The summed E-state index contributed by atoms with van der Waals surface area (Å²) in [5, 5.41) is 23.9. The average Bonchev–Trinajstić information content (AvgIpc) is 3.30. The first-order chi connectivity index (χ1) is 32.0. The molecule has 3 atom stereocenters. The van der Waals surface area contributed by atoms with Crippen LogP contribution in [0.15, 0.2) is 60.8 Å². The Kier molecular flexibility index (Phi) is 50.6. The molecule has 0 spiro atoms. The Morgan fingerprint density at radius 3 is 1.37 bits per heavy atom. The molecule has 3 unspecified atom stereocenters. The van der Waals surface area contributed by atoms with Crippen molar-refractivity contribution in [2.24, 2.45) is 0 Å². The minimum atomic E-state index is -0.801. The standard InChI is InChI=1S/C59H107NO5/c1-4-7-10-13-16-19-22-25-28-30-32-35-38-41-44-47-50-55(65-59(64)52-49-46-43-40-37-34-27-24-21-18-15-12-9-6-3)53-58(63)60-56(54-61)57(62)51-48-45-42-39-36-33-31-29-26-23-20-17-14-11-8-5-2/h9,12,18,21,27-28,30,32,34-35,55-57,61-62H,4-8,10-11,13-17,19-20,22-26,29,31,33,36-54H2,1-3H3,(H,60,63)/b12-9+,21-18+,30-28+,34-27+,35-32+. The molecule has 0 bridgehead atoms. The summed E-state index contributed by atoms with van der Waals surface area (Å²) >= 11 is 0. The molecular weight excluding hydrogens is 803 g/mol. The Morgan fingerprint density at radius 1 is 0.477 bits per heavy atom. The van der Waals surface area contributed by atoms with Gasteiger partial charge in [0.05, 0.1) is 25.2 Å². The number of hydrogen-bond donors (Lipinski definition) is 3. The second kappa shape index (κ2) is 52.5. The highest BCUT2D eigenvalue weighted by Gasteiger charge is 2.24. The second-order valence-electron chi connectivity index (χ2n) is 19.0. The van der Waals surface area contributed by atoms with E-state index >= 15 is 0 Å².